The smallest absolute Gasteiger partial charge is 0.267 e. The summed E-state index contributed by atoms with van der Waals surface area (Å²) in [5.74, 6) is -1.02. The van der Waals surface area contributed by atoms with E-state index in [1.807, 2.05) is 42.5 Å². The maximum Gasteiger partial charge on any atom is 0.267 e. The van der Waals surface area contributed by atoms with Crippen LogP contribution in [0.2, 0.25) is 5.02 Å². The summed E-state index contributed by atoms with van der Waals surface area (Å²) < 4.78 is 50.9. The molecule has 5 nitrogen and oxygen atoms in total. The van der Waals surface area contributed by atoms with Gasteiger partial charge in [-0.25, -0.2) is 12.8 Å². The molecule has 0 saturated carbocycles. The zero-order valence-electron chi connectivity index (χ0n) is 19.5. The Bertz CT molecular complexity index is 1330. The van der Waals surface area contributed by atoms with Gasteiger partial charge < -0.3 is 9.84 Å². The van der Waals surface area contributed by atoms with Crippen molar-refractivity contribution in [1.82, 2.24) is 0 Å². The molecule has 2 atom stereocenters. The number of benzene rings is 3. The van der Waals surface area contributed by atoms with Crippen molar-refractivity contribution in [2.45, 2.75) is 43.5 Å². The summed E-state index contributed by atoms with van der Waals surface area (Å²) in [6.07, 6.45) is 0.308. The molecule has 3 aromatic carbocycles. The summed E-state index contributed by atoms with van der Waals surface area (Å²) in [6.45, 7) is 3.24. The van der Waals surface area contributed by atoms with Crippen LogP contribution in [-0.2, 0) is 14.8 Å². The minimum Gasteiger partial charge on any atom is -0.472 e. The topological polar surface area (TPSA) is 76.0 Å². The first kappa shape index (κ1) is 25.4. The van der Waals surface area contributed by atoms with Crippen LogP contribution in [0.4, 0.5) is 4.39 Å². The van der Waals surface area contributed by atoms with Gasteiger partial charge in [0, 0.05) is 13.0 Å². The first-order valence-electron chi connectivity index (χ1n) is 11.3. The van der Waals surface area contributed by atoms with Gasteiger partial charge in [0.1, 0.15) is 16.7 Å². The van der Waals surface area contributed by atoms with Crippen LogP contribution in [0, 0.1) is 5.82 Å². The average Bonchev–Trinajstić information content (AvgIpc) is 2.80. The lowest BCUT2D eigenvalue weighted by Gasteiger charge is -2.38. The van der Waals surface area contributed by atoms with E-state index in [0.717, 1.165) is 11.1 Å². The Balaban J connectivity index is 1.64. The molecule has 1 aliphatic rings. The van der Waals surface area contributed by atoms with Gasteiger partial charge in [-0.05, 0) is 54.5 Å². The highest BCUT2D eigenvalue weighted by molar-refractivity contribution is 7.90. The number of hydrogen-bond acceptors (Lipinski definition) is 4. The van der Waals surface area contributed by atoms with Crippen LogP contribution in [0.5, 0.6) is 0 Å². The molecule has 0 aromatic heterocycles. The third-order valence-corrected chi connectivity index (χ3v) is 8.47. The summed E-state index contributed by atoms with van der Waals surface area (Å²) in [7, 11) is -3.98. The molecule has 8 heteroatoms. The van der Waals surface area contributed by atoms with Crippen molar-refractivity contribution in [1.29, 1.82) is 0 Å². The predicted molar refractivity (Wildman–Crippen MR) is 137 cm³/mol. The lowest BCUT2D eigenvalue weighted by Crippen LogP contribution is -2.43. The molecule has 1 N–H and O–H groups in total. The second-order valence-electron chi connectivity index (χ2n) is 9.13. The van der Waals surface area contributed by atoms with E-state index in [-0.39, 0.29) is 30.4 Å². The van der Waals surface area contributed by atoms with E-state index in [2.05, 4.69) is 4.40 Å². The summed E-state index contributed by atoms with van der Waals surface area (Å²) in [5, 5.41) is 8.50. The minimum atomic E-state index is -3.98. The molecule has 4 rings (SSSR count). The van der Waals surface area contributed by atoms with Gasteiger partial charge >= 0.3 is 0 Å². The Morgan fingerprint density at radius 1 is 1.03 bits per heavy atom. The molecule has 0 fully saturated rings. The van der Waals surface area contributed by atoms with Crippen molar-refractivity contribution < 1.29 is 22.7 Å². The summed E-state index contributed by atoms with van der Waals surface area (Å²) >= 11 is 6.16. The number of sulfonamides is 1. The van der Waals surface area contributed by atoms with E-state index in [0.29, 0.717) is 11.1 Å². The Hall–Kier alpha value is -2.74. The van der Waals surface area contributed by atoms with Gasteiger partial charge in [-0.3, -0.25) is 0 Å². The third-order valence-electron chi connectivity index (χ3n) is 6.18. The molecule has 0 saturated heterocycles. The fourth-order valence-corrected chi connectivity index (χ4v) is 6.68. The molecule has 0 amide bonds. The number of rotatable bonds is 7. The lowest BCUT2D eigenvalue weighted by molar-refractivity contribution is 0.0798. The zero-order valence-corrected chi connectivity index (χ0v) is 21.1. The average molecular weight is 516 g/mol. The van der Waals surface area contributed by atoms with Gasteiger partial charge in [0.25, 0.3) is 10.0 Å². The van der Waals surface area contributed by atoms with Crippen LogP contribution >= 0.6 is 11.6 Å². The van der Waals surface area contributed by atoms with Crippen LogP contribution < -0.4 is 0 Å². The highest BCUT2D eigenvalue weighted by Crippen LogP contribution is 2.42. The Morgan fingerprint density at radius 3 is 2.31 bits per heavy atom. The van der Waals surface area contributed by atoms with Gasteiger partial charge in [-0.15, -0.1) is 4.40 Å². The fourth-order valence-electron chi connectivity index (χ4n) is 4.63. The second kappa shape index (κ2) is 10.1. The summed E-state index contributed by atoms with van der Waals surface area (Å²) in [6, 6.07) is 21.6. The van der Waals surface area contributed by atoms with E-state index in [1.54, 1.807) is 32.0 Å². The number of aliphatic hydroxyl groups is 1. The molecular formula is C27H27ClFNO4S. The predicted octanol–water partition coefficient (Wildman–Crippen LogP) is 6.28. The SMILES string of the molecule is CC1(C)OC(C[C@@H](CCO)c2cccc(F)c2Cl)=NS(=O)(=O)C1c1ccc(-c2ccccc2)cc1. The van der Waals surface area contributed by atoms with Gasteiger partial charge in [-0.1, -0.05) is 78.3 Å². The summed E-state index contributed by atoms with van der Waals surface area (Å²) in [4.78, 5) is 0. The van der Waals surface area contributed by atoms with Crippen molar-refractivity contribution in [3.05, 3.63) is 94.8 Å². The highest BCUT2D eigenvalue weighted by Gasteiger charge is 2.47. The Kier molecular flexibility index (Phi) is 7.31. The quantitative estimate of drug-likeness (QED) is 0.401. The Morgan fingerprint density at radius 2 is 1.69 bits per heavy atom. The first-order chi connectivity index (χ1) is 16.6. The van der Waals surface area contributed by atoms with E-state index in [9.17, 15) is 17.9 Å². The van der Waals surface area contributed by atoms with Crippen molar-refractivity contribution in [3.63, 3.8) is 0 Å². The molecule has 3 aromatic rings. The van der Waals surface area contributed by atoms with E-state index in [1.165, 1.54) is 12.1 Å². The van der Waals surface area contributed by atoms with Crippen molar-refractivity contribution in [2.75, 3.05) is 6.61 Å². The van der Waals surface area contributed by atoms with Crippen LogP contribution in [-0.4, -0.2) is 31.6 Å². The van der Waals surface area contributed by atoms with Crippen molar-refractivity contribution in [2.24, 2.45) is 4.40 Å². The molecule has 35 heavy (non-hydrogen) atoms. The van der Waals surface area contributed by atoms with Gasteiger partial charge in [-0.2, -0.15) is 0 Å². The second-order valence-corrected chi connectivity index (χ2v) is 11.2. The standard InChI is InChI=1S/C27H27ClFNO4S/c1-27(2)26(20-13-11-19(12-14-20)18-7-4-3-5-8-18)35(32,33)30-24(34-27)17-21(15-16-31)22-9-6-10-23(29)25(22)28/h3-14,21,26,31H,15-17H2,1-2H3/t21-,26?/m1/s1. The number of ether oxygens (including phenoxy) is 1. The third kappa shape index (κ3) is 5.42. The van der Waals surface area contributed by atoms with Crippen LogP contribution in [0.1, 0.15) is 49.0 Å². The van der Waals surface area contributed by atoms with E-state index < -0.39 is 32.6 Å². The molecule has 0 aliphatic carbocycles. The van der Waals surface area contributed by atoms with Crippen molar-refractivity contribution in [3.8, 4) is 11.1 Å². The number of aliphatic hydroxyl groups excluding tert-OH is 1. The minimum absolute atomic E-state index is 0.0194. The molecule has 0 bridgehead atoms. The molecular weight excluding hydrogens is 489 g/mol. The van der Waals surface area contributed by atoms with E-state index in [4.69, 9.17) is 16.3 Å². The maximum absolute atomic E-state index is 14.0. The molecule has 1 unspecified atom stereocenters. The Labute approximate surface area is 210 Å². The number of nitrogens with zero attached hydrogens (tertiary/aromatic N) is 1. The van der Waals surface area contributed by atoms with Gasteiger partial charge in [0.2, 0.25) is 5.90 Å². The zero-order chi connectivity index (χ0) is 25.2. The molecule has 0 spiro atoms. The first-order valence-corrected chi connectivity index (χ1v) is 13.2. The summed E-state index contributed by atoms with van der Waals surface area (Å²) in [5.41, 5.74) is 1.95. The monoisotopic (exact) mass is 515 g/mol. The molecule has 1 heterocycles. The highest BCUT2D eigenvalue weighted by atomic mass is 35.5. The number of hydrogen-bond donors (Lipinski definition) is 1. The van der Waals surface area contributed by atoms with Gasteiger partial charge in [0.05, 0.1) is 5.02 Å². The molecule has 184 valence electrons. The largest absolute Gasteiger partial charge is 0.472 e. The van der Waals surface area contributed by atoms with Crippen LogP contribution in [0.3, 0.4) is 0 Å². The van der Waals surface area contributed by atoms with Gasteiger partial charge in [0.15, 0.2) is 0 Å². The molecule has 1 aliphatic heterocycles. The maximum atomic E-state index is 14.0. The number of halogens is 2. The van der Waals surface area contributed by atoms with E-state index >= 15 is 0 Å². The molecule has 0 radical (unpaired) electrons. The normalized spacial score (nSPS) is 19.5. The van der Waals surface area contributed by atoms with Crippen molar-refractivity contribution >= 4 is 27.5 Å². The lowest BCUT2D eigenvalue weighted by atomic mass is 9.91. The van der Waals surface area contributed by atoms with Crippen LogP contribution in [0.15, 0.2) is 77.2 Å². The van der Waals surface area contributed by atoms with Crippen LogP contribution in [0.25, 0.3) is 11.1 Å². The fraction of sp³-hybridized carbons (Fsp3) is 0.296.